The van der Waals surface area contributed by atoms with E-state index in [1.54, 1.807) is 6.92 Å². The number of alkyl halides is 4. The number of Topliss-reactive ketones (excluding diaryl/α,β-unsaturated/α-hetero) is 1. The van der Waals surface area contributed by atoms with Crippen molar-refractivity contribution in [2.45, 2.75) is 51.2 Å². The van der Waals surface area contributed by atoms with Gasteiger partial charge in [0.05, 0.1) is 5.41 Å². The van der Waals surface area contributed by atoms with Crippen LogP contribution in [0.4, 0.5) is 17.6 Å². The maximum atomic E-state index is 14.5. The maximum Gasteiger partial charge on any atom is 0.450 e. The summed E-state index contributed by atoms with van der Waals surface area (Å²) in [7, 11) is -5.49. The van der Waals surface area contributed by atoms with Gasteiger partial charge in [-0.3, -0.25) is 9.35 Å². The second kappa shape index (κ2) is 5.35. The van der Waals surface area contributed by atoms with Gasteiger partial charge in [-0.05, 0) is 26.7 Å². The Morgan fingerprint density at radius 1 is 1.16 bits per heavy atom. The Kier molecular flexibility index (Phi) is 5.16. The summed E-state index contributed by atoms with van der Waals surface area (Å²) in [5.41, 5.74) is -2.94. The molecule has 0 spiro atoms. The van der Waals surface area contributed by atoms with Crippen LogP contribution in [0.15, 0.2) is 0 Å². The lowest BCUT2D eigenvalue weighted by Crippen LogP contribution is -2.55. The Morgan fingerprint density at radius 3 is 1.84 bits per heavy atom. The van der Waals surface area contributed by atoms with Gasteiger partial charge in [-0.1, -0.05) is 13.3 Å². The van der Waals surface area contributed by atoms with Crippen LogP contribution in [0.5, 0.6) is 0 Å². The summed E-state index contributed by atoms with van der Waals surface area (Å²) < 4.78 is 82.8. The third-order valence-electron chi connectivity index (χ3n) is 3.02. The molecule has 0 radical (unpaired) electrons. The molecule has 0 aromatic carbocycles. The molecule has 9 heteroatoms. The van der Waals surface area contributed by atoms with E-state index in [0.29, 0.717) is 13.8 Å². The van der Waals surface area contributed by atoms with Gasteiger partial charge in [-0.15, -0.1) is 0 Å². The lowest BCUT2D eigenvalue weighted by Gasteiger charge is -2.36. The molecule has 0 aliphatic carbocycles. The number of unbranched alkanes of at least 4 members (excludes halogenated alkanes) is 1. The van der Waals surface area contributed by atoms with Gasteiger partial charge in [-0.2, -0.15) is 21.6 Å². The van der Waals surface area contributed by atoms with Crippen molar-refractivity contribution in [1.82, 2.24) is 0 Å². The van der Waals surface area contributed by atoms with Gasteiger partial charge in [-0.25, -0.2) is 4.39 Å². The molecule has 4 nitrogen and oxygen atoms in total. The number of rotatable bonds is 6. The molecular formula is C10H16F4O4S. The summed E-state index contributed by atoms with van der Waals surface area (Å²) in [6.07, 6.45) is -6.09. The molecule has 0 heterocycles. The summed E-state index contributed by atoms with van der Waals surface area (Å²) in [5, 5.41) is -3.68. The van der Waals surface area contributed by atoms with E-state index in [2.05, 4.69) is 0 Å². The van der Waals surface area contributed by atoms with Crippen LogP contribution in [0, 0.1) is 5.41 Å². The first-order valence-corrected chi connectivity index (χ1v) is 6.93. The molecule has 0 aromatic rings. The third-order valence-corrected chi connectivity index (χ3v) is 4.55. The average molecular weight is 308 g/mol. The first-order chi connectivity index (χ1) is 8.22. The molecule has 1 atom stereocenters. The molecule has 0 amide bonds. The molecule has 0 saturated heterocycles. The van der Waals surface area contributed by atoms with Crippen molar-refractivity contribution >= 4 is 15.9 Å². The summed E-state index contributed by atoms with van der Waals surface area (Å²) in [4.78, 5) is 11.2. The maximum absolute atomic E-state index is 14.5. The van der Waals surface area contributed by atoms with Crippen LogP contribution < -0.4 is 0 Å². The molecule has 114 valence electrons. The van der Waals surface area contributed by atoms with Gasteiger partial charge < -0.3 is 0 Å². The molecule has 0 aliphatic rings. The lowest BCUT2D eigenvalue weighted by atomic mass is 9.80. The topological polar surface area (TPSA) is 71.4 Å². The quantitative estimate of drug-likeness (QED) is 0.605. The monoisotopic (exact) mass is 308 g/mol. The van der Waals surface area contributed by atoms with E-state index in [1.165, 1.54) is 0 Å². The van der Waals surface area contributed by atoms with Crippen molar-refractivity contribution in [2.24, 2.45) is 5.41 Å². The molecular weight excluding hydrogens is 292 g/mol. The zero-order valence-electron chi connectivity index (χ0n) is 10.7. The van der Waals surface area contributed by atoms with Gasteiger partial charge in [0.2, 0.25) is 10.8 Å². The summed E-state index contributed by atoms with van der Waals surface area (Å²) in [5.74, 6) is -2.53. The van der Waals surface area contributed by atoms with Gasteiger partial charge in [0.1, 0.15) is 0 Å². The first-order valence-electron chi connectivity index (χ1n) is 5.49. The predicted molar refractivity (Wildman–Crippen MR) is 59.8 cm³/mol. The third kappa shape index (κ3) is 3.44. The van der Waals surface area contributed by atoms with Crippen molar-refractivity contribution in [3.8, 4) is 0 Å². The Bertz CT molecular complexity index is 441. The molecule has 0 fully saturated rings. The van der Waals surface area contributed by atoms with Crippen molar-refractivity contribution < 1.29 is 35.3 Å². The van der Waals surface area contributed by atoms with Crippen LogP contribution in [-0.2, 0) is 14.9 Å². The largest absolute Gasteiger partial charge is 0.450 e. The van der Waals surface area contributed by atoms with Crippen LogP contribution in [0.2, 0.25) is 0 Å². The number of hydrogen-bond donors (Lipinski definition) is 1. The molecule has 19 heavy (non-hydrogen) atoms. The van der Waals surface area contributed by atoms with Gasteiger partial charge in [0.25, 0.3) is 0 Å². The number of halogens is 4. The van der Waals surface area contributed by atoms with Crippen molar-refractivity contribution in [3.05, 3.63) is 0 Å². The minimum Gasteiger partial charge on any atom is -0.289 e. The number of hydrogen-bond acceptors (Lipinski definition) is 3. The Morgan fingerprint density at radius 2 is 1.58 bits per heavy atom. The number of ketones is 1. The summed E-state index contributed by atoms with van der Waals surface area (Å²) >= 11 is 0. The molecule has 0 aromatic heterocycles. The first kappa shape index (κ1) is 18.3. The predicted octanol–water partition coefficient (Wildman–Crippen LogP) is 2.89. The zero-order chi connectivity index (χ0) is 15.7. The fourth-order valence-electron chi connectivity index (χ4n) is 1.69. The number of carbonyl (C=O) groups excluding carboxylic acids is 1. The van der Waals surface area contributed by atoms with Gasteiger partial charge in [0.15, 0.2) is 0 Å². The summed E-state index contributed by atoms with van der Waals surface area (Å²) in [6, 6.07) is 0. The smallest absolute Gasteiger partial charge is 0.289 e. The fourth-order valence-corrected chi connectivity index (χ4v) is 2.83. The van der Waals surface area contributed by atoms with E-state index in [1.807, 2.05) is 0 Å². The number of carbonyl (C=O) groups is 1. The van der Waals surface area contributed by atoms with E-state index in [-0.39, 0.29) is 12.8 Å². The van der Waals surface area contributed by atoms with E-state index < -0.39 is 38.9 Å². The minimum atomic E-state index is -5.49. The van der Waals surface area contributed by atoms with Gasteiger partial charge >= 0.3 is 16.3 Å². The van der Waals surface area contributed by atoms with E-state index in [0.717, 1.165) is 0 Å². The van der Waals surface area contributed by atoms with E-state index in [4.69, 9.17) is 4.55 Å². The van der Waals surface area contributed by atoms with Crippen molar-refractivity contribution in [1.29, 1.82) is 0 Å². The Labute approximate surface area is 108 Å². The van der Waals surface area contributed by atoms with Crippen molar-refractivity contribution in [3.63, 3.8) is 0 Å². The van der Waals surface area contributed by atoms with Crippen LogP contribution in [0.1, 0.15) is 40.0 Å². The zero-order valence-corrected chi connectivity index (χ0v) is 11.5. The molecule has 0 bridgehead atoms. The van der Waals surface area contributed by atoms with E-state index in [9.17, 15) is 30.8 Å². The van der Waals surface area contributed by atoms with Crippen LogP contribution in [-0.4, -0.2) is 29.9 Å². The highest BCUT2D eigenvalue weighted by Crippen LogP contribution is 2.46. The van der Waals surface area contributed by atoms with Gasteiger partial charge in [0, 0.05) is 0 Å². The Balaban J connectivity index is 5.82. The minimum absolute atomic E-state index is 0.0924. The second-order valence-electron chi connectivity index (χ2n) is 4.76. The second-order valence-corrected chi connectivity index (χ2v) is 6.36. The normalized spacial score (nSPS) is 17.1. The molecule has 1 N–H and O–H groups in total. The molecule has 0 saturated carbocycles. The van der Waals surface area contributed by atoms with Crippen LogP contribution >= 0.6 is 0 Å². The Hall–Kier alpha value is -0.700. The SMILES string of the molecule is CCCCC(F)(C(C)(C)C(=O)C(F)(F)F)S(=O)(=O)O. The highest BCUT2D eigenvalue weighted by molar-refractivity contribution is 7.87. The standard InChI is InChI=1S/C10H16F4O4S/c1-4-5-6-9(11,19(16,17)18)8(2,3)7(15)10(12,13)14/h4-6H2,1-3H3,(H,16,17,18). The lowest BCUT2D eigenvalue weighted by molar-refractivity contribution is -0.185. The fraction of sp³-hybridized carbons (Fsp3) is 0.900. The molecule has 0 rings (SSSR count). The van der Waals surface area contributed by atoms with Crippen LogP contribution in [0.3, 0.4) is 0 Å². The van der Waals surface area contributed by atoms with Crippen LogP contribution in [0.25, 0.3) is 0 Å². The molecule has 1 unspecified atom stereocenters. The molecule has 0 aliphatic heterocycles. The highest BCUT2D eigenvalue weighted by Gasteiger charge is 2.64. The average Bonchev–Trinajstić information content (AvgIpc) is 2.21. The summed E-state index contributed by atoms with van der Waals surface area (Å²) in [6.45, 7) is 2.60. The van der Waals surface area contributed by atoms with E-state index >= 15 is 0 Å². The highest BCUT2D eigenvalue weighted by atomic mass is 32.2. The van der Waals surface area contributed by atoms with Crippen molar-refractivity contribution in [2.75, 3.05) is 0 Å².